The zero-order chi connectivity index (χ0) is 33.5. The fourth-order valence-corrected chi connectivity index (χ4v) is 6.04. The number of nitrogens with one attached hydrogen (secondary N) is 1. The van der Waals surface area contributed by atoms with Crippen LogP contribution in [0.4, 0.5) is 10.5 Å². The summed E-state index contributed by atoms with van der Waals surface area (Å²) in [4.78, 5) is 41.8. The molecule has 4 atom stereocenters. The molecule has 2 fully saturated rings. The summed E-state index contributed by atoms with van der Waals surface area (Å²) in [6.07, 6.45) is -1.37. The van der Waals surface area contributed by atoms with Crippen LogP contribution in [0, 0.1) is 0 Å². The summed E-state index contributed by atoms with van der Waals surface area (Å²) >= 11 is 0. The Morgan fingerprint density at radius 1 is 0.854 bits per heavy atom. The van der Waals surface area contributed by atoms with Crippen LogP contribution in [-0.4, -0.2) is 53.7 Å². The lowest BCUT2D eigenvalue weighted by Gasteiger charge is -2.38. The summed E-state index contributed by atoms with van der Waals surface area (Å²) in [6.45, 7) is 1.47. The Balaban J connectivity index is 1.12. The van der Waals surface area contributed by atoms with Gasteiger partial charge in [-0.05, 0) is 41.4 Å². The third-order valence-electron chi connectivity index (χ3n) is 8.50. The minimum absolute atomic E-state index is 0.0338. The SMILES string of the molecule is CN(Cc1ccccc1)C[C@H]1C[C@@H](c2ccc(CO)cc2)O[C@@H](c2ccc(N3C(=O)CC(NC(=O)OCc4ccccc4)C3=O)cc2)O1. The second-order valence-electron chi connectivity index (χ2n) is 12.2. The molecule has 2 aliphatic heterocycles. The Hall–Kier alpha value is -4.87. The maximum absolute atomic E-state index is 13.2. The molecule has 2 saturated heterocycles. The largest absolute Gasteiger partial charge is 0.445 e. The first-order chi connectivity index (χ1) is 23.4. The average Bonchev–Trinajstić information content (AvgIpc) is 3.39. The Kier molecular flexibility index (Phi) is 10.6. The number of anilines is 1. The first-order valence-corrected chi connectivity index (χ1v) is 16.0. The van der Waals surface area contributed by atoms with Gasteiger partial charge in [-0.2, -0.15) is 0 Å². The van der Waals surface area contributed by atoms with Crippen molar-refractivity contribution in [2.45, 2.75) is 57.1 Å². The first-order valence-electron chi connectivity index (χ1n) is 16.0. The lowest BCUT2D eigenvalue weighted by molar-refractivity contribution is -0.252. The van der Waals surface area contributed by atoms with Gasteiger partial charge in [0, 0.05) is 25.1 Å². The van der Waals surface area contributed by atoms with E-state index in [4.69, 9.17) is 14.2 Å². The van der Waals surface area contributed by atoms with E-state index in [0.29, 0.717) is 18.7 Å². The van der Waals surface area contributed by atoms with E-state index in [1.165, 1.54) is 5.56 Å². The van der Waals surface area contributed by atoms with Gasteiger partial charge in [-0.15, -0.1) is 0 Å². The molecule has 0 spiro atoms. The number of aliphatic hydroxyl groups excluding tert-OH is 1. The lowest BCUT2D eigenvalue weighted by atomic mass is 9.99. The molecular formula is C38H39N3O7. The van der Waals surface area contributed by atoms with Crippen LogP contribution in [0.3, 0.4) is 0 Å². The number of aliphatic hydroxyl groups is 1. The summed E-state index contributed by atoms with van der Waals surface area (Å²) in [6, 6.07) is 33.1. The number of hydrogen-bond donors (Lipinski definition) is 2. The van der Waals surface area contributed by atoms with Crippen molar-refractivity contribution in [2.75, 3.05) is 18.5 Å². The van der Waals surface area contributed by atoms with Crippen molar-refractivity contribution in [3.05, 3.63) is 137 Å². The van der Waals surface area contributed by atoms with Crippen molar-refractivity contribution in [1.82, 2.24) is 10.2 Å². The quantitative estimate of drug-likeness (QED) is 0.207. The predicted molar refractivity (Wildman–Crippen MR) is 178 cm³/mol. The van der Waals surface area contributed by atoms with Gasteiger partial charge in [0.25, 0.3) is 5.91 Å². The van der Waals surface area contributed by atoms with Gasteiger partial charge < -0.3 is 24.6 Å². The average molecular weight is 650 g/mol. The highest BCUT2D eigenvalue weighted by atomic mass is 16.7. The van der Waals surface area contributed by atoms with Crippen LogP contribution in [0.2, 0.25) is 0 Å². The number of likely N-dealkylation sites (N-methyl/N-ethyl adjacent to an activating group) is 1. The third kappa shape index (κ3) is 8.15. The van der Waals surface area contributed by atoms with Crippen LogP contribution < -0.4 is 10.2 Å². The highest BCUT2D eigenvalue weighted by molar-refractivity contribution is 6.22. The van der Waals surface area contributed by atoms with E-state index in [1.54, 1.807) is 24.3 Å². The summed E-state index contributed by atoms with van der Waals surface area (Å²) in [5.74, 6) is -0.943. The molecule has 0 bridgehead atoms. The molecular weight excluding hydrogens is 610 g/mol. The fourth-order valence-electron chi connectivity index (χ4n) is 6.04. The zero-order valence-corrected chi connectivity index (χ0v) is 26.7. The maximum Gasteiger partial charge on any atom is 0.408 e. The molecule has 0 saturated carbocycles. The van der Waals surface area contributed by atoms with Crippen molar-refractivity contribution in [3.8, 4) is 0 Å². The molecule has 6 rings (SSSR count). The van der Waals surface area contributed by atoms with Gasteiger partial charge in [-0.1, -0.05) is 97.1 Å². The standard InChI is InChI=1S/C38H39N3O7/c1-40(22-26-8-4-2-5-9-26)23-32-20-34(29-14-12-27(24-42)13-15-29)48-37(47-32)30-16-18-31(19-17-30)41-35(43)21-33(36(41)44)39-38(45)46-25-28-10-6-3-7-11-28/h2-19,32-34,37,42H,20-25H2,1H3,(H,39,45)/t32-,33?,34+,37+/m1/s1. The molecule has 3 amide bonds. The van der Waals surface area contributed by atoms with E-state index in [1.807, 2.05) is 72.8 Å². The highest BCUT2D eigenvalue weighted by Crippen LogP contribution is 2.39. The predicted octanol–water partition coefficient (Wildman–Crippen LogP) is 5.41. The van der Waals surface area contributed by atoms with E-state index < -0.39 is 30.2 Å². The van der Waals surface area contributed by atoms with Crippen molar-refractivity contribution in [2.24, 2.45) is 0 Å². The van der Waals surface area contributed by atoms with Crippen molar-refractivity contribution >= 4 is 23.6 Å². The molecule has 248 valence electrons. The van der Waals surface area contributed by atoms with Gasteiger partial charge in [0.2, 0.25) is 5.91 Å². The van der Waals surface area contributed by atoms with Crippen molar-refractivity contribution in [3.63, 3.8) is 0 Å². The number of carbonyl (C=O) groups excluding carboxylic acids is 3. The van der Waals surface area contributed by atoms with Crippen molar-refractivity contribution in [1.29, 1.82) is 0 Å². The number of benzene rings is 4. The fraction of sp³-hybridized carbons (Fsp3) is 0.289. The van der Waals surface area contributed by atoms with Gasteiger partial charge in [-0.25, -0.2) is 9.69 Å². The molecule has 4 aromatic carbocycles. The molecule has 1 unspecified atom stereocenters. The lowest BCUT2D eigenvalue weighted by Crippen LogP contribution is -2.42. The third-order valence-corrected chi connectivity index (χ3v) is 8.50. The normalized spacial score (nSPS) is 21.0. The molecule has 0 aliphatic carbocycles. The van der Waals surface area contributed by atoms with Gasteiger partial charge >= 0.3 is 6.09 Å². The molecule has 10 nitrogen and oxygen atoms in total. The molecule has 2 N–H and O–H groups in total. The molecule has 2 aliphatic rings. The number of imide groups is 1. The number of nitrogens with zero attached hydrogens (tertiary/aromatic N) is 2. The maximum atomic E-state index is 13.2. The Morgan fingerprint density at radius 3 is 2.17 bits per heavy atom. The second-order valence-corrected chi connectivity index (χ2v) is 12.2. The van der Waals surface area contributed by atoms with Crippen LogP contribution in [-0.2, 0) is 43.6 Å². The summed E-state index contributed by atoms with van der Waals surface area (Å²) in [5.41, 5.74) is 4.96. The highest BCUT2D eigenvalue weighted by Gasteiger charge is 2.41. The van der Waals surface area contributed by atoms with E-state index in [9.17, 15) is 19.5 Å². The van der Waals surface area contributed by atoms with Gasteiger partial charge in [-0.3, -0.25) is 14.5 Å². The van der Waals surface area contributed by atoms with Crippen LogP contribution in [0.1, 0.15) is 53.1 Å². The summed E-state index contributed by atoms with van der Waals surface area (Å²) in [5, 5.41) is 12.0. The summed E-state index contributed by atoms with van der Waals surface area (Å²) in [7, 11) is 2.07. The number of carbonyl (C=O) groups is 3. The number of rotatable bonds is 11. The number of hydrogen-bond acceptors (Lipinski definition) is 8. The van der Waals surface area contributed by atoms with E-state index in [2.05, 4.69) is 29.4 Å². The number of ether oxygens (including phenoxy) is 3. The van der Waals surface area contributed by atoms with Gasteiger partial charge in [0.05, 0.1) is 30.9 Å². The smallest absolute Gasteiger partial charge is 0.408 e. The molecule has 0 radical (unpaired) electrons. The summed E-state index contributed by atoms with van der Waals surface area (Å²) < 4.78 is 18.2. The topological polar surface area (TPSA) is 118 Å². The minimum atomic E-state index is -1.02. The Labute approximate surface area is 279 Å². The minimum Gasteiger partial charge on any atom is -0.445 e. The van der Waals surface area contributed by atoms with Crippen LogP contribution in [0.5, 0.6) is 0 Å². The van der Waals surface area contributed by atoms with Gasteiger partial charge in [0.1, 0.15) is 12.6 Å². The monoisotopic (exact) mass is 649 g/mol. The molecule has 4 aromatic rings. The van der Waals surface area contributed by atoms with E-state index >= 15 is 0 Å². The molecule has 0 aromatic heterocycles. The Morgan fingerprint density at radius 2 is 1.50 bits per heavy atom. The molecule has 2 heterocycles. The van der Waals surface area contributed by atoms with Crippen LogP contribution >= 0.6 is 0 Å². The number of amides is 3. The molecule has 10 heteroatoms. The first kappa shape index (κ1) is 33.0. The Bertz CT molecular complexity index is 1680. The van der Waals surface area contributed by atoms with Crippen LogP contribution in [0.15, 0.2) is 109 Å². The zero-order valence-electron chi connectivity index (χ0n) is 26.7. The van der Waals surface area contributed by atoms with Crippen molar-refractivity contribution < 1.29 is 33.7 Å². The molecule has 48 heavy (non-hydrogen) atoms. The van der Waals surface area contributed by atoms with E-state index in [-0.39, 0.29) is 31.8 Å². The van der Waals surface area contributed by atoms with Crippen LogP contribution in [0.25, 0.3) is 0 Å². The van der Waals surface area contributed by atoms with E-state index in [0.717, 1.165) is 33.7 Å². The second kappa shape index (κ2) is 15.4. The van der Waals surface area contributed by atoms with Gasteiger partial charge in [0.15, 0.2) is 6.29 Å². The number of alkyl carbamates (subject to hydrolysis) is 1.